The molecule has 1 heterocycles. The molecule has 0 bridgehead atoms. The van der Waals surface area contributed by atoms with E-state index in [0.29, 0.717) is 0 Å². The first-order valence-electron chi connectivity index (χ1n) is 7.57. The highest BCUT2D eigenvalue weighted by Crippen LogP contribution is 2.17. The Morgan fingerprint density at radius 3 is 2.14 bits per heavy atom. The van der Waals surface area contributed by atoms with Crippen molar-refractivity contribution < 1.29 is 0 Å². The molecule has 2 aromatic carbocycles. The van der Waals surface area contributed by atoms with E-state index >= 15 is 0 Å². The highest BCUT2D eigenvalue weighted by Gasteiger charge is 2.07. The molecule has 1 aliphatic heterocycles. The molecule has 0 N–H and O–H groups in total. The molecule has 3 nitrogen and oxygen atoms in total. The summed E-state index contributed by atoms with van der Waals surface area (Å²) in [6.07, 6.45) is 3.79. The molecule has 4 heteroatoms. The van der Waals surface area contributed by atoms with Gasteiger partial charge in [-0.15, -0.1) is 5.11 Å². The molecular formula is C17H21N3P+. The second-order valence-corrected chi connectivity index (χ2v) is 6.97. The van der Waals surface area contributed by atoms with Crippen LogP contribution in [0.4, 0.5) is 5.69 Å². The summed E-state index contributed by atoms with van der Waals surface area (Å²) in [5.74, 6) is 0. The number of nitrogens with zero attached hydrogens (tertiary/aromatic N) is 3. The monoisotopic (exact) mass is 298 g/mol. The molecule has 3 rings (SSSR count). The fourth-order valence-electron chi connectivity index (χ4n) is 2.46. The van der Waals surface area contributed by atoms with Gasteiger partial charge in [0.1, 0.15) is 0 Å². The van der Waals surface area contributed by atoms with Crippen LogP contribution in [-0.2, 0) is 0 Å². The Morgan fingerprint density at radius 2 is 1.43 bits per heavy atom. The fourth-order valence-corrected chi connectivity index (χ4v) is 3.64. The minimum Gasteiger partial charge on any atom is -0.278 e. The van der Waals surface area contributed by atoms with Crippen molar-refractivity contribution in [1.82, 2.24) is 5.01 Å². The zero-order valence-corrected chi connectivity index (χ0v) is 13.3. The van der Waals surface area contributed by atoms with Crippen LogP contribution >= 0.6 is 8.58 Å². The lowest BCUT2D eigenvalue weighted by Crippen LogP contribution is -2.23. The molecule has 1 fully saturated rings. The van der Waals surface area contributed by atoms with Gasteiger partial charge in [-0.1, -0.05) is 23.4 Å². The van der Waals surface area contributed by atoms with Crippen LogP contribution < -0.4 is 10.6 Å². The molecule has 1 atom stereocenters. The molecular weight excluding hydrogens is 277 g/mol. The molecule has 1 aliphatic rings. The quantitative estimate of drug-likeness (QED) is 0.627. The third kappa shape index (κ3) is 4.37. The number of piperidine rings is 1. The lowest BCUT2D eigenvalue weighted by molar-refractivity contribution is 0.224. The van der Waals surface area contributed by atoms with E-state index in [1.54, 1.807) is 0 Å². The van der Waals surface area contributed by atoms with Crippen molar-refractivity contribution in [1.29, 1.82) is 0 Å². The van der Waals surface area contributed by atoms with Crippen LogP contribution in [0.3, 0.4) is 0 Å². The van der Waals surface area contributed by atoms with E-state index in [2.05, 4.69) is 69.9 Å². The standard InChI is InChI=1S/C17H20N3P/c1-3-7-16(8-4-1)21-17-11-9-15(10-12-17)18-19-20-13-5-2-6-14-20/h1,3-4,7-12,21H,2,5-6,13-14H2/p+1. The van der Waals surface area contributed by atoms with Gasteiger partial charge < -0.3 is 0 Å². The van der Waals surface area contributed by atoms with Gasteiger partial charge in [-0.3, -0.25) is 5.01 Å². The molecule has 0 saturated carbocycles. The fraction of sp³-hybridized carbons (Fsp3) is 0.294. The Labute approximate surface area is 127 Å². The Hall–Kier alpha value is -1.73. The largest absolute Gasteiger partial charge is 0.278 e. The molecule has 2 aromatic rings. The summed E-state index contributed by atoms with van der Waals surface area (Å²) >= 11 is 0. The molecule has 1 saturated heterocycles. The van der Waals surface area contributed by atoms with Crippen LogP contribution in [0.5, 0.6) is 0 Å². The summed E-state index contributed by atoms with van der Waals surface area (Å²) in [7, 11) is 0.166. The van der Waals surface area contributed by atoms with Crippen molar-refractivity contribution in [2.45, 2.75) is 19.3 Å². The average molecular weight is 298 g/mol. The van der Waals surface area contributed by atoms with Crippen molar-refractivity contribution >= 4 is 24.9 Å². The molecule has 0 amide bonds. The lowest BCUT2D eigenvalue weighted by atomic mass is 10.2. The van der Waals surface area contributed by atoms with Crippen LogP contribution in [0.1, 0.15) is 19.3 Å². The van der Waals surface area contributed by atoms with Crippen molar-refractivity contribution in [3.05, 3.63) is 54.6 Å². The Kier molecular flexibility index (Phi) is 4.96. The molecule has 0 aliphatic carbocycles. The van der Waals surface area contributed by atoms with Crippen molar-refractivity contribution in [2.24, 2.45) is 10.3 Å². The Balaban J connectivity index is 1.60. The van der Waals surface area contributed by atoms with Gasteiger partial charge in [0.25, 0.3) is 0 Å². The normalized spacial score (nSPS) is 16.1. The zero-order valence-electron chi connectivity index (χ0n) is 12.2. The summed E-state index contributed by atoms with van der Waals surface area (Å²) in [5, 5.41) is 13.6. The maximum atomic E-state index is 4.34. The highest BCUT2D eigenvalue weighted by molar-refractivity contribution is 7.55. The second-order valence-electron chi connectivity index (χ2n) is 5.35. The minimum atomic E-state index is 0.166. The third-order valence-corrected chi connectivity index (χ3v) is 5.08. The molecule has 108 valence electrons. The predicted octanol–water partition coefficient (Wildman–Crippen LogP) is 3.53. The van der Waals surface area contributed by atoms with Crippen molar-refractivity contribution in [2.75, 3.05) is 13.1 Å². The number of benzene rings is 2. The second kappa shape index (κ2) is 7.33. The number of hydrogen-bond donors (Lipinski definition) is 0. The first-order chi connectivity index (χ1) is 10.4. The van der Waals surface area contributed by atoms with Crippen LogP contribution in [0.25, 0.3) is 0 Å². The Morgan fingerprint density at radius 1 is 0.762 bits per heavy atom. The van der Waals surface area contributed by atoms with E-state index in [4.69, 9.17) is 0 Å². The van der Waals surface area contributed by atoms with E-state index in [1.807, 2.05) is 0 Å². The maximum absolute atomic E-state index is 4.34. The van der Waals surface area contributed by atoms with Crippen LogP contribution in [0, 0.1) is 0 Å². The first kappa shape index (κ1) is 14.2. The summed E-state index contributed by atoms with van der Waals surface area (Å²) in [6.45, 7) is 2.08. The van der Waals surface area contributed by atoms with E-state index in [-0.39, 0.29) is 8.58 Å². The smallest absolute Gasteiger partial charge is 0.0943 e. The predicted molar refractivity (Wildman–Crippen MR) is 91.8 cm³/mol. The first-order valence-corrected chi connectivity index (χ1v) is 8.72. The molecule has 21 heavy (non-hydrogen) atoms. The minimum absolute atomic E-state index is 0.166. The van der Waals surface area contributed by atoms with Gasteiger partial charge in [-0.25, -0.2) is 0 Å². The highest BCUT2D eigenvalue weighted by atomic mass is 31.1. The summed E-state index contributed by atoms with van der Waals surface area (Å²) in [5.41, 5.74) is 0.941. The van der Waals surface area contributed by atoms with Crippen LogP contribution in [0.15, 0.2) is 64.9 Å². The van der Waals surface area contributed by atoms with E-state index in [0.717, 1.165) is 18.8 Å². The van der Waals surface area contributed by atoms with Gasteiger partial charge >= 0.3 is 0 Å². The summed E-state index contributed by atoms with van der Waals surface area (Å²) < 4.78 is 0. The van der Waals surface area contributed by atoms with Crippen molar-refractivity contribution in [3.8, 4) is 0 Å². The van der Waals surface area contributed by atoms with Crippen LogP contribution in [-0.4, -0.2) is 18.1 Å². The third-order valence-electron chi connectivity index (χ3n) is 3.65. The topological polar surface area (TPSA) is 28.0 Å². The zero-order chi connectivity index (χ0) is 14.3. The summed E-state index contributed by atoms with van der Waals surface area (Å²) in [6, 6.07) is 19.1. The maximum Gasteiger partial charge on any atom is 0.0943 e. The van der Waals surface area contributed by atoms with E-state index in [9.17, 15) is 0 Å². The Bertz CT molecular complexity index is 575. The van der Waals surface area contributed by atoms with Gasteiger partial charge in [-0.05, 0) is 55.7 Å². The van der Waals surface area contributed by atoms with Crippen molar-refractivity contribution in [3.63, 3.8) is 0 Å². The number of rotatable bonds is 4. The molecule has 1 unspecified atom stereocenters. The molecule has 0 aromatic heterocycles. The molecule has 0 spiro atoms. The average Bonchev–Trinajstić information content (AvgIpc) is 2.56. The van der Waals surface area contributed by atoms with Gasteiger partial charge in [-0.2, -0.15) is 0 Å². The van der Waals surface area contributed by atoms with Gasteiger partial charge in [0.05, 0.1) is 24.9 Å². The summed E-state index contributed by atoms with van der Waals surface area (Å²) in [4.78, 5) is 0. The van der Waals surface area contributed by atoms with E-state index in [1.165, 1.54) is 29.9 Å². The van der Waals surface area contributed by atoms with Crippen LogP contribution in [0.2, 0.25) is 0 Å². The van der Waals surface area contributed by atoms with Gasteiger partial charge in [0, 0.05) is 13.1 Å². The molecule has 0 radical (unpaired) electrons. The van der Waals surface area contributed by atoms with E-state index < -0.39 is 0 Å². The number of hydrogen-bond acceptors (Lipinski definition) is 2. The van der Waals surface area contributed by atoms with Gasteiger partial charge in [0.2, 0.25) is 0 Å². The SMILES string of the molecule is c1ccc([PH2+]c2ccc(N=NN3CCCCC3)cc2)cc1. The lowest BCUT2D eigenvalue weighted by Gasteiger charge is -2.21. The van der Waals surface area contributed by atoms with Gasteiger partial charge in [0.15, 0.2) is 0 Å².